The molecule has 2 N–H and O–H groups in total. The van der Waals surface area contributed by atoms with Crippen molar-refractivity contribution in [3.63, 3.8) is 0 Å². The van der Waals surface area contributed by atoms with E-state index in [0.717, 1.165) is 38.6 Å². The first-order valence-corrected chi connectivity index (χ1v) is 8.15. The van der Waals surface area contributed by atoms with Crippen molar-refractivity contribution >= 4 is 11.8 Å². The molecule has 1 saturated carbocycles. The smallest absolute Gasteiger partial charge is 0.241 e. The lowest BCUT2D eigenvalue weighted by molar-refractivity contribution is -0.140. The topological polar surface area (TPSA) is 66.6 Å². The highest BCUT2D eigenvalue weighted by molar-refractivity contribution is 5.84. The third-order valence-corrected chi connectivity index (χ3v) is 4.43. The van der Waals surface area contributed by atoms with Gasteiger partial charge in [0.1, 0.15) is 0 Å². The molecule has 0 atom stereocenters. The van der Waals surface area contributed by atoms with Crippen LogP contribution in [0.15, 0.2) is 0 Å². The average Bonchev–Trinajstić information content (AvgIpc) is 2.47. The van der Waals surface area contributed by atoms with E-state index in [1.165, 1.54) is 0 Å². The Morgan fingerprint density at radius 3 is 2.10 bits per heavy atom. The molecule has 1 aliphatic rings. The van der Waals surface area contributed by atoms with E-state index in [-0.39, 0.29) is 18.4 Å². The number of likely N-dealkylation sites (N-methyl/N-ethyl adjacent to an activating group) is 1. The fourth-order valence-electron chi connectivity index (χ4n) is 2.91. The fourth-order valence-corrected chi connectivity index (χ4v) is 2.91. The molecule has 0 heterocycles. The van der Waals surface area contributed by atoms with Gasteiger partial charge in [-0.25, -0.2) is 0 Å². The number of amides is 2. The molecule has 5 nitrogen and oxygen atoms in total. The minimum absolute atomic E-state index is 0.0105. The van der Waals surface area contributed by atoms with E-state index in [4.69, 9.17) is 5.73 Å². The predicted octanol–water partition coefficient (Wildman–Crippen LogP) is 1.47. The number of carbonyl (C=O) groups excluding carboxylic acids is 2. The van der Waals surface area contributed by atoms with E-state index in [1.54, 1.807) is 23.9 Å². The zero-order valence-electron chi connectivity index (χ0n) is 13.8. The molecule has 0 spiro atoms. The Morgan fingerprint density at radius 1 is 1.05 bits per heavy atom. The van der Waals surface area contributed by atoms with Gasteiger partial charge in [0.2, 0.25) is 11.8 Å². The third kappa shape index (κ3) is 6.04. The number of nitrogens with zero attached hydrogens (tertiary/aromatic N) is 2. The Morgan fingerprint density at radius 2 is 1.62 bits per heavy atom. The number of rotatable bonds is 7. The van der Waals surface area contributed by atoms with E-state index in [2.05, 4.69) is 0 Å². The van der Waals surface area contributed by atoms with Crippen LogP contribution in [-0.4, -0.2) is 55.3 Å². The first kappa shape index (κ1) is 18.0. The largest absolute Gasteiger partial charge is 0.347 e. The number of hydrogen-bond acceptors (Lipinski definition) is 3. The van der Waals surface area contributed by atoms with Gasteiger partial charge in [-0.1, -0.05) is 6.92 Å². The molecule has 122 valence electrons. The molecule has 1 rings (SSSR count). The summed E-state index contributed by atoms with van der Waals surface area (Å²) in [5.74, 6) is 1.22. The van der Waals surface area contributed by atoms with Crippen LogP contribution in [0.4, 0.5) is 0 Å². The van der Waals surface area contributed by atoms with Gasteiger partial charge in [-0.3, -0.25) is 9.59 Å². The van der Waals surface area contributed by atoms with Crippen LogP contribution in [-0.2, 0) is 9.59 Å². The lowest BCUT2D eigenvalue weighted by Gasteiger charge is -2.30. The summed E-state index contributed by atoms with van der Waals surface area (Å²) in [6, 6.07) is 0. The lowest BCUT2D eigenvalue weighted by atomic mass is 9.80. The summed E-state index contributed by atoms with van der Waals surface area (Å²) in [5, 5.41) is 0. The Hall–Kier alpha value is -1.10. The van der Waals surface area contributed by atoms with Crippen LogP contribution in [0.3, 0.4) is 0 Å². The lowest BCUT2D eigenvalue weighted by Crippen LogP contribution is -2.41. The second-order valence-electron chi connectivity index (χ2n) is 6.43. The molecule has 0 aromatic rings. The molecule has 1 fully saturated rings. The summed E-state index contributed by atoms with van der Waals surface area (Å²) in [7, 11) is 3.45. The summed E-state index contributed by atoms with van der Waals surface area (Å²) in [5.41, 5.74) is 5.70. The van der Waals surface area contributed by atoms with Crippen molar-refractivity contribution in [1.29, 1.82) is 0 Å². The molecule has 2 amide bonds. The molecule has 0 radical (unpaired) electrons. The van der Waals surface area contributed by atoms with Crippen molar-refractivity contribution in [3.8, 4) is 0 Å². The standard InChI is InChI=1S/C16H31N3O2/c1-4-9-19(12-16(21)18(2)3)15(20)10-13-5-7-14(11-17)8-6-13/h13-14H,4-12,17H2,1-3H3. The van der Waals surface area contributed by atoms with Crippen molar-refractivity contribution in [2.45, 2.75) is 45.4 Å². The highest BCUT2D eigenvalue weighted by Gasteiger charge is 2.25. The van der Waals surface area contributed by atoms with Crippen molar-refractivity contribution in [3.05, 3.63) is 0 Å². The molecule has 1 aliphatic carbocycles. The van der Waals surface area contributed by atoms with E-state index >= 15 is 0 Å². The van der Waals surface area contributed by atoms with Crippen molar-refractivity contribution < 1.29 is 9.59 Å². The zero-order chi connectivity index (χ0) is 15.8. The Labute approximate surface area is 128 Å². The number of nitrogens with two attached hydrogens (primary N) is 1. The molecule has 0 bridgehead atoms. The number of carbonyl (C=O) groups is 2. The van der Waals surface area contributed by atoms with Gasteiger partial charge < -0.3 is 15.5 Å². The van der Waals surface area contributed by atoms with Crippen molar-refractivity contribution in [2.24, 2.45) is 17.6 Å². The minimum atomic E-state index is -0.0105. The van der Waals surface area contributed by atoms with Crippen LogP contribution in [0.2, 0.25) is 0 Å². The molecular formula is C16H31N3O2. The summed E-state index contributed by atoms with van der Waals surface area (Å²) >= 11 is 0. The van der Waals surface area contributed by atoms with Gasteiger partial charge >= 0.3 is 0 Å². The third-order valence-electron chi connectivity index (χ3n) is 4.43. The molecule has 5 heteroatoms. The molecular weight excluding hydrogens is 266 g/mol. The van der Waals surface area contributed by atoms with Crippen LogP contribution in [0.5, 0.6) is 0 Å². The van der Waals surface area contributed by atoms with E-state index in [1.807, 2.05) is 6.92 Å². The summed E-state index contributed by atoms with van der Waals surface area (Å²) < 4.78 is 0. The van der Waals surface area contributed by atoms with Gasteiger partial charge in [-0.05, 0) is 50.5 Å². The van der Waals surface area contributed by atoms with Crippen LogP contribution in [0.1, 0.15) is 45.4 Å². The fraction of sp³-hybridized carbons (Fsp3) is 0.875. The van der Waals surface area contributed by atoms with Crippen molar-refractivity contribution in [2.75, 3.05) is 33.7 Å². The summed E-state index contributed by atoms with van der Waals surface area (Å²) in [6.45, 7) is 3.67. The average molecular weight is 297 g/mol. The zero-order valence-corrected chi connectivity index (χ0v) is 13.8. The quantitative estimate of drug-likeness (QED) is 0.774. The van der Waals surface area contributed by atoms with Gasteiger partial charge in [0, 0.05) is 27.1 Å². The highest BCUT2D eigenvalue weighted by atomic mass is 16.2. The summed E-state index contributed by atoms with van der Waals surface area (Å²) in [6.07, 6.45) is 5.92. The second-order valence-corrected chi connectivity index (χ2v) is 6.43. The van der Waals surface area contributed by atoms with Crippen LogP contribution >= 0.6 is 0 Å². The Bertz CT molecular complexity index is 336. The normalized spacial score (nSPS) is 21.9. The van der Waals surface area contributed by atoms with E-state index in [9.17, 15) is 9.59 Å². The maximum absolute atomic E-state index is 12.4. The van der Waals surface area contributed by atoms with Crippen LogP contribution in [0.25, 0.3) is 0 Å². The maximum atomic E-state index is 12.4. The first-order chi connectivity index (χ1) is 9.97. The highest BCUT2D eigenvalue weighted by Crippen LogP contribution is 2.30. The molecule has 0 unspecified atom stereocenters. The van der Waals surface area contributed by atoms with Crippen LogP contribution < -0.4 is 5.73 Å². The Balaban J connectivity index is 2.47. The van der Waals surface area contributed by atoms with Gasteiger partial charge in [-0.15, -0.1) is 0 Å². The van der Waals surface area contributed by atoms with E-state index in [0.29, 0.717) is 24.8 Å². The van der Waals surface area contributed by atoms with Gasteiger partial charge in [0.05, 0.1) is 6.54 Å². The molecule has 0 saturated heterocycles. The molecule has 21 heavy (non-hydrogen) atoms. The molecule has 0 aromatic heterocycles. The molecule has 0 aliphatic heterocycles. The Kier molecular flexibility index (Phi) is 7.72. The van der Waals surface area contributed by atoms with Gasteiger partial charge in [0.15, 0.2) is 0 Å². The molecule has 0 aromatic carbocycles. The van der Waals surface area contributed by atoms with Crippen LogP contribution in [0, 0.1) is 11.8 Å². The first-order valence-electron chi connectivity index (χ1n) is 8.15. The minimum Gasteiger partial charge on any atom is -0.347 e. The monoisotopic (exact) mass is 297 g/mol. The number of hydrogen-bond donors (Lipinski definition) is 1. The predicted molar refractivity (Wildman–Crippen MR) is 84.7 cm³/mol. The van der Waals surface area contributed by atoms with Gasteiger partial charge in [0.25, 0.3) is 0 Å². The SMILES string of the molecule is CCCN(CC(=O)N(C)C)C(=O)CC1CCC(CN)CC1. The second kappa shape index (κ2) is 9.03. The maximum Gasteiger partial charge on any atom is 0.241 e. The van der Waals surface area contributed by atoms with Crippen molar-refractivity contribution in [1.82, 2.24) is 9.80 Å². The van der Waals surface area contributed by atoms with Gasteiger partial charge in [-0.2, -0.15) is 0 Å². The summed E-state index contributed by atoms with van der Waals surface area (Å²) in [4.78, 5) is 27.5. The van der Waals surface area contributed by atoms with E-state index < -0.39 is 0 Å².